The van der Waals surface area contributed by atoms with Crippen LogP contribution >= 0.6 is 11.6 Å². The molecule has 0 aromatic carbocycles. The number of carbonyl (C=O) groups excluding carboxylic acids is 2. The maximum Gasteiger partial charge on any atom is 0.404 e. The summed E-state index contributed by atoms with van der Waals surface area (Å²) >= 11 is 5.44. The molecule has 0 bridgehead atoms. The molecule has 0 spiro atoms. The van der Waals surface area contributed by atoms with Crippen molar-refractivity contribution < 1.29 is 14.3 Å². The third-order valence-corrected chi connectivity index (χ3v) is 1.79. The highest BCUT2D eigenvalue weighted by atomic mass is 35.5. The first-order valence-electron chi connectivity index (χ1n) is 3.83. The van der Waals surface area contributed by atoms with E-state index in [0.29, 0.717) is 0 Å². The largest absolute Gasteiger partial charge is 0.448 e. The van der Waals surface area contributed by atoms with Crippen molar-refractivity contribution in [2.24, 2.45) is 11.7 Å². The molecule has 0 aliphatic rings. The molecule has 1 unspecified atom stereocenters. The molecule has 13 heavy (non-hydrogen) atoms. The minimum atomic E-state index is -0.848. The number of hydrogen-bond donors (Lipinski definition) is 2. The van der Waals surface area contributed by atoms with Gasteiger partial charge in [0.15, 0.2) is 0 Å². The lowest BCUT2D eigenvalue weighted by Crippen LogP contribution is -2.33. The summed E-state index contributed by atoms with van der Waals surface area (Å²) in [7, 11) is 0. The summed E-state index contributed by atoms with van der Waals surface area (Å²) in [6.07, 6.45) is -0.848. The molecule has 0 heterocycles. The summed E-state index contributed by atoms with van der Waals surface area (Å²) in [6.45, 7) is 2.04. The maximum absolute atomic E-state index is 11.1. The number of rotatable bonds is 5. The average Bonchev–Trinajstić information content (AvgIpc) is 2.10. The van der Waals surface area contributed by atoms with Crippen molar-refractivity contribution in [3.8, 4) is 0 Å². The second kappa shape index (κ2) is 6.54. The Labute approximate surface area is 81.6 Å². The van der Waals surface area contributed by atoms with Crippen LogP contribution in [0.4, 0.5) is 4.79 Å². The smallest absolute Gasteiger partial charge is 0.404 e. The highest BCUT2D eigenvalue weighted by Crippen LogP contribution is 1.96. The standard InChI is InChI=1S/C7H13ClN2O3/c1-5(4-8)6(11)10-2-3-13-7(9)12/h5H,2-4H2,1H3,(H2,9,12)(H,10,11). The van der Waals surface area contributed by atoms with E-state index in [2.05, 4.69) is 10.1 Å². The number of nitrogens with two attached hydrogens (primary N) is 1. The molecule has 2 amide bonds. The van der Waals surface area contributed by atoms with Crippen LogP contribution in [-0.2, 0) is 9.53 Å². The van der Waals surface area contributed by atoms with Crippen LogP contribution in [0.1, 0.15) is 6.92 Å². The van der Waals surface area contributed by atoms with E-state index < -0.39 is 6.09 Å². The van der Waals surface area contributed by atoms with Gasteiger partial charge in [-0.15, -0.1) is 11.6 Å². The molecule has 6 heteroatoms. The molecule has 0 saturated heterocycles. The summed E-state index contributed by atoms with van der Waals surface area (Å²) in [5.74, 6) is -0.138. The number of hydrogen-bond acceptors (Lipinski definition) is 3. The Hall–Kier alpha value is -0.970. The van der Waals surface area contributed by atoms with Crippen LogP contribution in [0.2, 0.25) is 0 Å². The summed E-state index contributed by atoms with van der Waals surface area (Å²) in [5, 5.41) is 2.53. The first-order valence-corrected chi connectivity index (χ1v) is 4.37. The summed E-state index contributed by atoms with van der Waals surface area (Å²) in [5.41, 5.74) is 4.70. The molecule has 0 fully saturated rings. The van der Waals surface area contributed by atoms with E-state index in [1.54, 1.807) is 6.92 Å². The lowest BCUT2D eigenvalue weighted by molar-refractivity contribution is -0.124. The zero-order valence-corrected chi connectivity index (χ0v) is 8.13. The quantitative estimate of drug-likeness (QED) is 0.496. The van der Waals surface area contributed by atoms with Crippen LogP contribution in [0.15, 0.2) is 0 Å². The zero-order chi connectivity index (χ0) is 10.3. The van der Waals surface area contributed by atoms with Crippen molar-refractivity contribution in [2.75, 3.05) is 19.0 Å². The van der Waals surface area contributed by atoms with Crippen molar-refractivity contribution in [2.45, 2.75) is 6.92 Å². The van der Waals surface area contributed by atoms with Gasteiger partial charge in [0.1, 0.15) is 6.61 Å². The Bertz CT molecular complexity index is 187. The second-order valence-electron chi connectivity index (χ2n) is 2.51. The van der Waals surface area contributed by atoms with Gasteiger partial charge in [-0.25, -0.2) is 4.79 Å². The molecule has 3 N–H and O–H groups in total. The van der Waals surface area contributed by atoms with Gasteiger partial charge in [-0.05, 0) is 0 Å². The van der Waals surface area contributed by atoms with Gasteiger partial charge in [-0.2, -0.15) is 0 Å². The third kappa shape index (κ3) is 6.21. The number of alkyl halides is 1. The van der Waals surface area contributed by atoms with Gasteiger partial charge in [-0.1, -0.05) is 6.92 Å². The van der Waals surface area contributed by atoms with Crippen molar-refractivity contribution in [1.29, 1.82) is 0 Å². The monoisotopic (exact) mass is 208 g/mol. The Kier molecular flexibility index (Phi) is 6.05. The van der Waals surface area contributed by atoms with Gasteiger partial charge in [-0.3, -0.25) is 4.79 Å². The Balaban J connectivity index is 3.42. The summed E-state index contributed by atoms with van der Waals surface area (Å²) < 4.78 is 4.40. The molecule has 76 valence electrons. The summed E-state index contributed by atoms with van der Waals surface area (Å²) in [6, 6.07) is 0. The van der Waals surface area contributed by atoms with Crippen LogP contribution in [0, 0.1) is 5.92 Å². The van der Waals surface area contributed by atoms with Crippen LogP contribution in [0.3, 0.4) is 0 Å². The van der Waals surface area contributed by atoms with Gasteiger partial charge in [0, 0.05) is 11.8 Å². The van der Waals surface area contributed by atoms with E-state index in [-0.39, 0.29) is 30.9 Å². The fourth-order valence-corrected chi connectivity index (χ4v) is 0.710. The first kappa shape index (κ1) is 12.0. The summed E-state index contributed by atoms with van der Waals surface area (Å²) in [4.78, 5) is 21.2. The topological polar surface area (TPSA) is 81.4 Å². The molecular weight excluding hydrogens is 196 g/mol. The van der Waals surface area contributed by atoms with Crippen molar-refractivity contribution in [3.05, 3.63) is 0 Å². The van der Waals surface area contributed by atoms with E-state index >= 15 is 0 Å². The third-order valence-electron chi connectivity index (χ3n) is 1.32. The Morgan fingerprint density at radius 3 is 2.69 bits per heavy atom. The first-order chi connectivity index (χ1) is 6.07. The molecular formula is C7H13ClN2O3. The minimum Gasteiger partial charge on any atom is -0.448 e. The lowest BCUT2D eigenvalue weighted by atomic mass is 10.2. The van der Waals surface area contributed by atoms with Gasteiger partial charge in [0.25, 0.3) is 0 Å². The number of primary amides is 1. The van der Waals surface area contributed by atoms with E-state index in [9.17, 15) is 9.59 Å². The molecule has 0 radical (unpaired) electrons. The maximum atomic E-state index is 11.1. The number of amides is 2. The van der Waals surface area contributed by atoms with Crippen LogP contribution < -0.4 is 11.1 Å². The van der Waals surface area contributed by atoms with Crippen LogP contribution in [0.5, 0.6) is 0 Å². The zero-order valence-electron chi connectivity index (χ0n) is 7.38. The predicted molar refractivity (Wildman–Crippen MR) is 48.4 cm³/mol. The Morgan fingerprint density at radius 1 is 1.62 bits per heavy atom. The molecule has 0 saturated carbocycles. The van der Waals surface area contributed by atoms with E-state index in [0.717, 1.165) is 0 Å². The van der Waals surface area contributed by atoms with E-state index in [1.807, 2.05) is 0 Å². The van der Waals surface area contributed by atoms with E-state index in [1.165, 1.54) is 0 Å². The molecule has 0 rings (SSSR count). The van der Waals surface area contributed by atoms with Crippen molar-refractivity contribution in [1.82, 2.24) is 5.32 Å². The van der Waals surface area contributed by atoms with Crippen LogP contribution in [-0.4, -0.2) is 31.0 Å². The predicted octanol–water partition coefficient (Wildman–Crippen LogP) is 0.0728. The van der Waals surface area contributed by atoms with Crippen LogP contribution in [0.25, 0.3) is 0 Å². The molecule has 0 aromatic rings. The number of ether oxygens (including phenoxy) is 1. The fraction of sp³-hybridized carbons (Fsp3) is 0.714. The van der Waals surface area contributed by atoms with Gasteiger partial charge < -0.3 is 15.8 Å². The normalized spacial score (nSPS) is 11.8. The van der Waals surface area contributed by atoms with Gasteiger partial charge >= 0.3 is 6.09 Å². The highest BCUT2D eigenvalue weighted by Gasteiger charge is 2.09. The van der Waals surface area contributed by atoms with Crippen molar-refractivity contribution >= 4 is 23.6 Å². The number of halogens is 1. The van der Waals surface area contributed by atoms with E-state index in [4.69, 9.17) is 17.3 Å². The molecule has 0 aliphatic heterocycles. The minimum absolute atomic E-state index is 0.0794. The Morgan fingerprint density at radius 2 is 2.23 bits per heavy atom. The molecule has 0 aromatic heterocycles. The SMILES string of the molecule is CC(CCl)C(=O)NCCOC(N)=O. The molecule has 1 atom stereocenters. The van der Waals surface area contributed by atoms with Gasteiger partial charge in [0.2, 0.25) is 5.91 Å². The molecule has 5 nitrogen and oxygen atoms in total. The second-order valence-corrected chi connectivity index (χ2v) is 2.82. The molecule has 0 aliphatic carbocycles. The average molecular weight is 209 g/mol. The van der Waals surface area contributed by atoms with Crippen molar-refractivity contribution in [3.63, 3.8) is 0 Å². The number of nitrogens with one attached hydrogen (secondary N) is 1. The number of carbonyl (C=O) groups is 2. The van der Waals surface area contributed by atoms with Gasteiger partial charge in [0.05, 0.1) is 6.54 Å². The lowest BCUT2D eigenvalue weighted by Gasteiger charge is -2.08. The highest BCUT2D eigenvalue weighted by molar-refractivity contribution is 6.19. The fourth-order valence-electron chi connectivity index (χ4n) is 0.570.